The highest BCUT2D eigenvalue weighted by Gasteiger charge is 2.26. The van der Waals surface area contributed by atoms with Gasteiger partial charge in [0.25, 0.3) is 0 Å². The lowest BCUT2D eigenvalue weighted by molar-refractivity contribution is 0.152. The summed E-state index contributed by atoms with van der Waals surface area (Å²) in [7, 11) is -3.54. The van der Waals surface area contributed by atoms with Gasteiger partial charge in [0.05, 0.1) is 25.1 Å². The van der Waals surface area contributed by atoms with Crippen LogP contribution in [0.2, 0.25) is 0 Å². The molecule has 0 aromatic rings. The predicted octanol–water partition coefficient (Wildman–Crippen LogP) is 3.35. The average molecular weight is 295 g/mol. The molecule has 1 unspecified atom stereocenters. The largest absolute Gasteiger partial charge is 0.491 e. The Labute approximate surface area is 91.8 Å². The minimum atomic E-state index is -3.54. The Morgan fingerprint density at radius 2 is 2.08 bits per heavy atom. The molecule has 0 bridgehead atoms. The molecule has 1 atom stereocenters. The van der Waals surface area contributed by atoms with Gasteiger partial charge >= 0.3 is 7.82 Å². The monoisotopic (exact) mass is 294 g/mol. The van der Waals surface area contributed by atoms with Crippen molar-refractivity contribution in [2.75, 3.05) is 18.5 Å². The Kier molecular flexibility index (Phi) is 7.70. The van der Waals surface area contributed by atoms with Gasteiger partial charge < -0.3 is 0 Å². The van der Waals surface area contributed by atoms with Gasteiger partial charge in [0, 0.05) is 5.33 Å². The average Bonchev–Trinajstić information content (AvgIpc) is 2.11. The molecule has 0 aliphatic carbocycles. The maximum absolute atomic E-state index is 11.4. The molecule has 0 aromatic heterocycles. The Morgan fingerprint density at radius 3 is 2.46 bits per heavy atom. The maximum atomic E-state index is 11.4. The SMILES string of the molecule is CC(C)COP(=O)(OCl)OCCBr. The summed E-state index contributed by atoms with van der Waals surface area (Å²) in [5, 5.41) is 0.544. The van der Waals surface area contributed by atoms with Crippen LogP contribution >= 0.6 is 35.6 Å². The number of alkyl halides is 1. The molecule has 0 saturated carbocycles. The molecule has 0 radical (unpaired) electrons. The van der Waals surface area contributed by atoms with Gasteiger partial charge in [0.2, 0.25) is 0 Å². The van der Waals surface area contributed by atoms with Gasteiger partial charge in [0.1, 0.15) is 0 Å². The molecule has 0 aliphatic heterocycles. The normalized spacial score (nSPS) is 16.1. The summed E-state index contributed by atoms with van der Waals surface area (Å²) in [6.07, 6.45) is 0. The van der Waals surface area contributed by atoms with Crippen molar-refractivity contribution >= 4 is 35.6 Å². The summed E-state index contributed by atoms with van der Waals surface area (Å²) < 4.78 is 25.3. The number of hydrogen-bond acceptors (Lipinski definition) is 4. The van der Waals surface area contributed by atoms with E-state index >= 15 is 0 Å². The zero-order valence-electron chi connectivity index (χ0n) is 7.53. The molecule has 0 spiro atoms. The van der Waals surface area contributed by atoms with Crippen molar-refractivity contribution in [1.29, 1.82) is 0 Å². The molecule has 0 rings (SSSR count). The Bertz CT molecular complexity index is 178. The van der Waals surface area contributed by atoms with E-state index in [0.717, 1.165) is 0 Å². The van der Waals surface area contributed by atoms with Gasteiger partial charge in [-0.1, -0.05) is 29.8 Å². The highest BCUT2D eigenvalue weighted by Crippen LogP contribution is 2.50. The molecule has 0 fully saturated rings. The molecular formula is C6H13BrClO4P. The molecule has 0 aliphatic rings. The van der Waals surface area contributed by atoms with E-state index in [-0.39, 0.29) is 19.1 Å². The Morgan fingerprint density at radius 1 is 1.46 bits per heavy atom. The summed E-state index contributed by atoms with van der Waals surface area (Å²) >= 11 is 8.11. The van der Waals surface area contributed by atoms with Crippen molar-refractivity contribution in [2.24, 2.45) is 5.92 Å². The third-order valence-corrected chi connectivity index (χ3v) is 2.94. The van der Waals surface area contributed by atoms with Crippen LogP contribution in [0.4, 0.5) is 0 Å². The summed E-state index contributed by atoms with van der Waals surface area (Å²) in [5.74, 6) is 0.243. The first-order valence-corrected chi connectivity index (χ1v) is 6.68. The zero-order valence-corrected chi connectivity index (χ0v) is 10.8. The van der Waals surface area contributed by atoms with Crippen molar-refractivity contribution in [2.45, 2.75) is 13.8 Å². The molecule has 0 heterocycles. The third kappa shape index (κ3) is 6.89. The minimum absolute atomic E-state index is 0.224. The van der Waals surface area contributed by atoms with Crippen molar-refractivity contribution in [3.05, 3.63) is 0 Å². The van der Waals surface area contributed by atoms with Gasteiger partial charge in [-0.2, -0.15) is 4.08 Å². The van der Waals surface area contributed by atoms with E-state index in [0.29, 0.717) is 5.33 Å². The molecule has 0 saturated heterocycles. The molecule has 13 heavy (non-hydrogen) atoms. The lowest BCUT2D eigenvalue weighted by Crippen LogP contribution is -2.04. The Hall–Kier alpha value is 0.880. The minimum Gasteiger partial charge on any atom is -0.286 e. The van der Waals surface area contributed by atoms with Crippen molar-refractivity contribution < 1.29 is 17.7 Å². The van der Waals surface area contributed by atoms with E-state index in [1.165, 1.54) is 0 Å². The quantitative estimate of drug-likeness (QED) is 0.534. The van der Waals surface area contributed by atoms with Crippen molar-refractivity contribution in [1.82, 2.24) is 0 Å². The number of hydrogen-bond donors (Lipinski definition) is 0. The molecule has 80 valence electrons. The van der Waals surface area contributed by atoms with E-state index in [1.54, 1.807) is 0 Å². The van der Waals surface area contributed by atoms with E-state index in [2.05, 4.69) is 20.0 Å². The molecule has 0 aromatic carbocycles. The van der Waals surface area contributed by atoms with Crippen molar-refractivity contribution in [3.63, 3.8) is 0 Å². The fraction of sp³-hybridized carbons (Fsp3) is 1.00. The fourth-order valence-electron chi connectivity index (χ4n) is 0.464. The standard InChI is InChI=1S/C6H13BrClO4P/c1-6(2)5-11-13(9,12-8)10-4-3-7/h6H,3-5H2,1-2H3. The summed E-state index contributed by atoms with van der Waals surface area (Å²) in [6, 6.07) is 0. The molecule has 0 amide bonds. The maximum Gasteiger partial charge on any atom is 0.491 e. The van der Waals surface area contributed by atoms with Gasteiger partial charge in [-0.05, 0) is 5.92 Å². The highest BCUT2D eigenvalue weighted by atomic mass is 79.9. The van der Waals surface area contributed by atoms with Crippen LogP contribution in [-0.4, -0.2) is 18.5 Å². The first kappa shape index (κ1) is 13.9. The van der Waals surface area contributed by atoms with Gasteiger partial charge in [-0.25, -0.2) is 4.57 Å². The second-order valence-electron chi connectivity index (χ2n) is 2.73. The van der Waals surface area contributed by atoms with Crippen LogP contribution in [0, 0.1) is 5.92 Å². The van der Waals surface area contributed by atoms with Gasteiger partial charge in [-0.3, -0.25) is 9.05 Å². The summed E-state index contributed by atoms with van der Waals surface area (Å²) in [6.45, 7) is 4.35. The number of halogens is 2. The third-order valence-electron chi connectivity index (χ3n) is 0.977. The first-order valence-electron chi connectivity index (χ1n) is 3.79. The van der Waals surface area contributed by atoms with E-state index in [4.69, 9.17) is 20.9 Å². The predicted molar refractivity (Wildman–Crippen MR) is 55.1 cm³/mol. The second kappa shape index (κ2) is 7.21. The molecule has 0 N–H and O–H groups in total. The van der Waals surface area contributed by atoms with Crippen LogP contribution in [0.1, 0.15) is 13.8 Å². The van der Waals surface area contributed by atoms with E-state index in [9.17, 15) is 4.57 Å². The first-order chi connectivity index (χ1) is 6.04. The Balaban J connectivity index is 3.89. The smallest absolute Gasteiger partial charge is 0.286 e. The van der Waals surface area contributed by atoms with Crippen LogP contribution in [0.3, 0.4) is 0 Å². The number of phosphoric acid groups is 1. The van der Waals surface area contributed by atoms with E-state index in [1.807, 2.05) is 13.8 Å². The van der Waals surface area contributed by atoms with Crippen molar-refractivity contribution in [3.8, 4) is 0 Å². The topological polar surface area (TPSA) is 44.8 Å². The lowest BCUT2D eigenvalue weighted by atomic mass is 10.2. The lowest BCUT2D eigenvalue weighted by Gasteiger charge is -2.14. The zero-order chi connectivity index (χ0) is 10.3. The van der Waals surface area contributed by atoms with Crippen LogP contribution in [0.5, 0.6) is 0 Å². The van der Waals surface area contributed by atoms with E-state index < -0.39 is 7.82 Å². The molecule has 4 nitrogen and oxygen atoms in total. The van der Waals surface area contributed by atoms with Gasteiger partial charge in [-0.15, -0.1) is 0 Å². The summed E-state index contributed by atoms with van der Waals surface area (Å²) in [4.78, 5) is 0. The summed E-state index contributed by atoms with van der Waals surface area (Å²) in [5.41, 5.74) is 0. The van der Waals surface area contributed by atoms with Crippen LogP contribution < -0.4 is 0 Å². The molecular weight excluding hydrogens is 282 g/mol. The fourth-order valence-corrected chi connectivity index (χ4v) is 2.06. The number of rotatable bonds is 7. The second-order valence-corrected chi connectivity index (χ2v) is 5.48. The van der Waals surface area contributed by atoms with Crippen LogP contribution in [-0.2, 0) is 17.7 Å². The van der Waals surface area contributed by atoms with Gasteiger partial charge in [0.15, 0.2) is 0 Å². The van der Waals surface area contributed by atoms with Crippen LogP contribution in [0.15, 0.2) is 0 Å². The highest BCUT2D eigenvalue weighted by molar-refractivity contribution is 9.09. The number of phosphoric ester groups is 1. The molecule has 7 heteroatoms. The van der Waals surface area contributed by atoms with Crippen LogP contribution in [0.25, 0.3) is 0 Å².